The SMILES string of the molecule is N[C@H]1[C@@H](O)[C@@H](O)O[C@@H]1[C@@H](O)CO. The summed E-state index contributed by atoms with van der Waals surface area (Å²) in [5.74, 6) is 0. The van der Waals surface area contributed by atoms with E-state index in [-0.39, 0.29) is 0 Å². The molecule has 0 amide bonds. The molecule has 1 heterocycles. The molecule has 0 bridgehead atoms. The normalized spacial score (nSPS) is 44.8. The van der Waals surface area contributed by atoms with Gasteiger partial charge in [-0.25, -0.2) is 0 Å². The van der Waals surface area contributed by atoms with Crippen LogP contribution in [0.1, 0.15) is 0 Å². The molecule has 6 heteroatoms. The number of hydrogen-bond acceptors (Lipinski definition) is 6. The van der Waals surface area contributed by atoms with Crippen molar-refractivity contribution < 1.29 is 25.2 Å². The van der Waals surface area contributed by atoms with Crippen molar-refractivity contribution in [1.82, 2.24) is 0 Å². The first-order valence-electron chi connectivity index (χ1n) is 3.64. The monoisotopic (exact) mass is 179 g/mol. The number of hydrogen-bond donors (Lipinski definition) is 5. The van der Waals surface area contributed by atoms with E-state index in [1.807, 2.05) is 0 Å². The maximum atomic E-state index is 9.09. The maximum Gasteiger partial charge on any atom is 0.182 e. The second kappa shape index (κ2) is 3.65. The molecule has 1 saturated heterocycles. The average molecular weight is 179 g/mol. The zero-order chi connectivity index (χ0) is 9.30. The van der Waals surface area contributed by atoms with Gasteiger partial charge in [0, 0.05) is 0 Å². The van der Waals surface area contributed by atoms with E-state index in [2.05, 4.69) is 0 Å². The van der Waals surface area contributed by atoms with Crippen LogP contribution >= 0.6 is 0 Å². The van der Waals surface area contributed by atoms with Crippen LogP contribution in [0.25, 0.3) is 0 Å². The summed E-state index contributed by atoms with van der Waals surface area (Å²) in [4.78, 5) is 0. The molecule has 72 valence electrons. The van der Waals surface area contributed by atoms with Crippen LogP contribution in [0.2, 0.25) is 0 Å². The summed E-state index contributed by atoms with van der Waals surface area (Å²) in [7, 11) is 0. The zero-order valence-corrected chi connectivity index (χ0v) is 6.37. The van der Waals surface area contributed by atoms with Crippen LogP contribution in [0.15, 0.2) is 0 Å². The van der Waals surface area contributed by atoms with Gasteiger partial charge in [-0.2, -0.15) is 0 Å². The highest BCUT2D eigenvalue weighted by molar-refractivity contribution is 4.92. The lowest BCUT2D eigenvalue weighted by atomic mass is 10.0. The Balaban J connectivity index is 2.58. The van der Waals surface area contributed by atoms with Gasteiger partial charge >= 0.3 is 0 Å². The summed E-state index contributed by atoms with van der Waals surface area (Å²) in [6.45, 7) is -0.516. The molecule has 0 saturated carbocycles. The van der Waals surface area contributed by atoms with Crippen molar-refractivity contribution in [2.45, 2.75) is 30.6 Å². The van der Waals surface area contributed by atoms with E-state index in [1.54, 1.807) is 0 Å². The fourth-order valence-electron chi connectivity index (χ4n) is 1.17. The van der Waals surface area contributed by atoms with Gasteiger partial charge in [-0.3, -0.25) is 0 Å². The summed E-state index contributed by atoms with van der Waals surface area (Å²) in [5, 5.41) is 35.6. The van der Waals surface area contributed by atoms with Crippen LogP contribution < -0.4 is 5.73 Å². The molecule has 6 nitrogen and oxygen atoms in total. The van der Waals surface area contributed by atoms with Crippen LogP contribution in [0.5, 0.6) is 0 Å². The first-order valence-corrected chi connectivity index (χ1v) is 3.64. The molecule has 12 heavy (non-hydrogen) atoms. The molecule has 5 atom stereocenters. The molecule has 0 aliphatic carbocycles. The molecular formula is C6H13NO5. The molecule has 1 aliphatic rings. The highest BCUT2D eigenvalue weighted by atomic mass is 16.6. The number of aliphatic hydroxyl groups is 4. The fraction of sp³-hybridized carbons (Fsp3) is 1.00. The van der Waals surface area contributed by atoms with Crippen LogP contribution in [0.3, 0.4) is 0 Å². The van der Waals surface area contributed by atoms with Crippen LogP contribution in [0.4, 0.5) is 0 Å². The summed E-state index contributed by atoms with van der Waals surface area (Å²) in [5.41, 5.74) is 5.38. The molecule has 0 aromatic rings. The highest BCUT2D eigenvalue weighted by Gasteiger charge is 2.43. The Kier molecular flexibility index (Phi) is 2.99. The third-order valence-corrected chi connectivity index (χ3v) is 1.93. The van der Waals surface area contributed by atoms with Gasteiger partial charge in [0.25, 0.3) is 0 Å². The molecule has 1 rings (SSSR count). The van der Waals surface area contributed by atoms with E-state index in [9.17, 15) is 0 Å². The zero-order valence-electron chi connectivity index (χ0n) is 6.37. The van der Waals surface area contributed by atoms with Gasteiger partial charge in [0.1, 0.15) is 18.3 Å². The Morgan fingerprint density at radius 3 is 2.33 bits per heavy atom. The molecular weight excluding hydrogens is 166 g/mol. The predicted molar refractivity (Wildman–Crippen MR) is 38.0 cm³/mol. The van der Waals surface area contributed by atoms with Crippen LogP contribution in [0, 0.1) is 0 Å². The summed E-state index contributed by atoms with van der Waals surface area (Å²) >= 11 is 0. The van der Waals surface area contributed by atoms with Crippen LogP contribution in [-0.4, -0.2) is 57.7 Å². The van der Waals surface area contributed by atoms with Crippen molar-refractivity contribution in [2.24, 2.45) is 5.73 Å². The minimum Gasteiger partial charge on any atom is -0.394 e. The van der Waals surface area contributed by atoms with Gasteiger partial charge in [-0.1, -0.05) is 0 Å². The average Bonchev–Trinajstić information content (AvgIpc) is 2.32. The quantitative estimate of drug-likeness (QED) is 0.304. The molecule has 0 aromatic heterocycles. The molecule has 0 unspecified atom stereocenters. The van der Waals surface area contributed by atoms with E-state index >= 15 is 0 Å². The lowest BCUT2D eigenvalue weighted by molar-refractivity contribution is -0.149. The Bertz CT molecular complexity index is 155. The molecule has 0 aromatic carbocycles. The smallest absolute Gasteiger partial charge is 0.182 e. The van der Waals surface area contributed by atoms with Crippen molar-refractivity contribution in [1.29, 1.82) is 0 Å². The third-order valence-electron chi connectivity index (χ3n) is 1.93. The first-order chi connectivity index (χ1) is 5.57. The topological polar surface area (TPSA) is 116 Å². The Labute approximate surface area is 69.2 Å². The third kappa shape index (κ3) is 1.58. The van der Waals surface area contributed by atoms with Crippen molar-refractivity contribution in [2.75, 3.05) is 6.61 Å². The first kappa shape index (κ1) is 9.85. The van der Waals surface area contributed by atoms with Gasteiger partial charge in [0.15, 0.2) is 6.29 Å². The lowest BCUT2D eigenvalue weighted by Crippen LogP contribution is -2.46. The number of ether oxygens (including phenoxy) is 1. The van der Waals surface area contributed by atoms with Gasteiger partial charge in [-0.15, -0.1) is 0 Å². The molecule has 0 radical (unpaired) electrons. The minimum absolute atomic E-state index is 0.516. The van der Waals surface area contributed by atoms with Crippen molar-refractivity contribution in [3.63, 3.8) is 0 Å². The molecule has 1 fully saturated rings. The van der Waals surface area contributed by atoms with E-state index in [0.717, 1.165) is 0 Å². The van der Waals surface area contributed by atoms with E-state index in [1.165, 1.54) is 0 Å². The van der Waals surface area contributed by atoms with Gasteiger partial charge in [0.2, 0.25) is 0 Å². The van der Waals surface area contributed by atoms with Crippen molar-refractivity contribution in [3.05, 3.63) is 0 Å². The van der Waals surface area contributed by atoms with E-state index < -0.39 is 37.3 Å². The number of rotatable bonds is 2. The highest BCUT2D eigenvalue weighted by Crippen LogP contribution is 2.20. The standard InChI is InChI=1S/C6H13NO5/c7-3-4(10)6(11)12-5(3)2(9)1-8/h2-6,8-11H,1,7H2/t2-,3-,4+,5+,6-/m0/s1. The maximum absolute atomic E-state index is 9.09. The van der Waals surface area contributed by atoms with E-state index in [4.69, 9.17) is 30.9 Å². The van der Waals surface area contributed by atoms with Crippen LogP contribution in [-0.2, 0) is 4.74 Å². The lowest BCUT2D eigenvalue weighted by Gasteiger charge is -2.19. The Morgan fingerprint density at radius 2 is 2.00 bits per heavy atom. The second-order valence-electron chi connectivity index (χ2n) is 2.81. The molecule has 6 N–H and O–H groups in total. The Hall–Kier alpha value is -0.240. The van der Waals surface area contributed by atoms with Crippen molar-refractivity contribution >= 4 is 0 Å². The largest absolute Gasteiger partial charge is 0.394 e. The number of nitrogens with two attached hydrogens (primary N) is 1. The summed E-state index contributed by atoms with van der Waals surface area (Å²) in [6, 6.07) is -0.873. The minimum atomic E-state index is -1.38. The van der Waals surface area contributed by atoms with Gasteiger partial charge in [0.05, 0.1) is 12.6 Å². The van der Waals surface area contributed by atoms with Crippen molar-refractivity contribution in [3.8, 4) is 0 Å². The fourth-order valence-corrected chi connectivity index (χ4v) is 1.17. The van der Waals surface area contributed by atoms with E-state index in [0.29, 0.717) is 0 Å². The summed E-state index contributed by atoms with van der Waals surface area (Å²) < 4.78 is 4.71. The number of aliphatic hydroxyl groups excluding tert-OH is 4. The van der Waals surface area contributed by atoms with Gasteiger partial charge in [-0.05, 0) is 0 Å². The molecule has 0 spiro atoms. The van der Waals surface area contributed by atoms with Gasteiger partial charge < -0.3 is 30.9 Å². The predicted octanol–water partition coefficient (Wildman–Crippen LogP) is -3.26. The Morgan fingerprint density at radius 1 is 1.42 bits per heavy atom. The summed E-state index contributed by atoms with van der Waals surface area (Å²) in [6.07, 6.45) is -4.69. The second-order valence-corrected chi connectivity index (χ2v) is 2.81. The molecule has 1 aliphatic heterocycles.